The average molecular weight is 279 g/mol. The highest BCUT2D eigenvalue weighted by Crippen LogP contribution is 2.20. The maximum Gasteiger partial charge on any atom is 0.337 e. The van der Waals surface area contributed by atoms with Crippen LogP contribution in [0.1, 0.15) is 22.3 Å². The molecule has 0 unspecified atom stereocenters. The zero-order valence-electron chi connectivity index (χ0n) is 10.4. The molecule has 19 heavy (non-hydrogen) atoms. The molecule has 1 fully saturated rings. The fourth-order valence-electron chi connectivity index (χ4n) is 1.74. The molecule has 0 aromatic heterocycles. The highest BCUT2D eigenvalue weighted by Gasteiger charge is 2.26. The number of hydrogen-bond acceptors (Lipinski definition) is 5. The number of carbonyl (C=O) groups is 3. The molecule has 0 N–H and O–H groups in total. The Hall–Kier alpha value is -1.82. The van der Waals surface area contributed by atoms with Gasteiger partial charge < -0.3 is 4.74 Å². The zero-order chi connectivity index (χ0) is 13.8. The van der Waals surface area contributed by atoms with E-state index in [4.69, 9.17) is 0 Å². The van der Waals surface area contributed by atoms with Crippen molar-refractivity contribution in [1.29, 1.82) is 0 Å². The summed E-state index contributed by atoms with van der Waals surface area (Å²) in [6, 6.07) is 6.67. The number of methoxy groups -OCH3 is 1. The van der Waals surface area contributed by atoms with Crippen LogP contribution in [-0.4, -0.2) is 34.9 Å². The van der Waals surface area contributed by atoms with Crippen molar-refractivity contribution in [2.24, 2.45) is 0 Å². The summed E-state index contributed by atoms with van der Waals surface area (Å²) in [4.78, 5) is 35.8. The van der Waals surface area contributed by atoms with Gasteiger partial charge >= 0.3 is 5.97 Å². The first-order valence-corrected chi connectivity index (χ1v) is 6.75. The van der Waals surface area contributed by atoms with E-state index in [0.717, 1.165) is 17.3 Å². The Morgan fingerprint density at radius 1 is 1.32 bits per heavy atom. The van der Waals surface area contributed by atoms with Crippen LogP contribution in [0.4, 0.5) is 4.79 Å². The lowest BCUT2D eigenvalue weighted by atomic mass is 10.1. The number of carbonyl (C=O) groups excluding carboxylic acids is 3. The zero-order valence-corrected chi connectivity index (χ0v) is 11.2. The molecule has 1 aliphatic rings. The second-order valence-electron chi connectivity index (χ2n) is 4.03. The molecule has 1 aromatic carbocycles. The van der Waals surface area contributed by atoms with E-state index < -0.39 is 5.97 Å². The number of thioether (sulfide) groups is 1. The summed E-state index contributed by atoms with van der Waals surface area (Å²) < 4.78 is 4.60. The van der Waals surface area contributed by atoms with Crippen LogP contribution in [0.2, 0.25) is 0 Å². The minimum absolute atomic E-state index is 0.152. The van der Waals surface area contributed by atoms with Crippen LogP contribution in [0.15, 0.2) is 24.3 Å². The van der Waals surface area contributed by atoms with Gasteiger partial charge in [-0.1, -0.05) is 23.9 Å². The fourth-order valence-corrected chi connectivity index (χ4v) is 2.51. The maximum absolute atomic E-state index is 11.6. The number of nitrogens with zero attached hydrogens (tertiary/aromatic N) is 1. The van der Waals surface area contributed by atoms with Crippen molar-refractivity contribution < 1.29 is 19.1 Å². The van der Waals surface area contributed by atoms with Gasteiger partial charge in [-0.25, -0.2) is 4.79 Å². The Morgan fingerprint density at radius 3 is 2.58 bits per heavy atom. The van der Waals surface area contributed by atoms with Gasteiger partial charge in [0.05, 0.1) is 19.2 Å². The Morgan fingerprint density at radius 2 is 2.00 bits per heavy atom. The molecular formula is C13H13NO4S. The van der Waals surface area contributed by atoms with Crippen LogP contribution < -0.4 is 0 Å². The summed E-state index contributed by atoms with van der Waals surface area (Å²) in [6.45, 7) is 0.242. The molecule has 2 amide bonds. The number of esters is 1. The van der Waals surface area contributed by atoms with Crippen LogP contribution in [0.5, 0.6) is 0 Å². The number of rotatable bonds is 3. The molecule has 1 heterocycles. The van der Waals surface area contributed by atoms with Crippen molar-refractivity contribution in [3.8, 4) is 0 Å². The number of benzene rings is 1. The smallest absolute Gasteiger partial charge is 0.337 e. The van der Waals surface area contributed by atoms with E-state index in [1.54, 1.807) is 24.3 Å². The number of ether oxygens (including phenoxy) is 1. The lowest BCUT2D eigenvalue weighted by molar-refractivity contribution is -0.128. The molecular weight excluding hydrogens is 266 g/mol. The second kappa shape index (κ2) is 5.88. The molecule has 2 rings (SSSR count). The Labute approximate surface area is 114 Å². The lowest BCUT2D eigenvalue weighted by Crippen LogP contribution is -2.37. The summed E-state index contributed by atoms with van der Waals surface area (Å²) in [6.07, 6.45) is 0.386. The first kappa shape index (κ1) is 13.6. The summed E-state index contributed by atoms with van der Waals surface area (Å²) in [5.41, 5.74) is 1.24. The summed E-state index contributed by atoms with van der Waals surface area (Å²) in [5, 5.41) is -0.215. The van der Waals surface area contributed by atoms with Crippen LogP contribution in [0.25, 0.3) is 0 Å². The SMILES string of the molecule is COC(=O)c1ccc(CN2C(=O)CCSC2=O)cc1. The maximum atomic E-state index is 11.6. The van der Waals surface area contributed by atoms with Gasteiger partial charge in [0.1, 0.15) is 0 Å². The summed E-state index contributed by atoms with van der Waals surface area (Å²) in [7, 11) is 1.32. The van der Waals surface area contributed by atoms with Gasteiger partial charge in [0, 0.05) is 12.2 Å². The van der Waals surface area contributed by atoms with Crippen molar-refractivity contribution >= 4 is 28.9 Å². The highest BCUT2D eigenvalue weighted by atomic mass is 32.2. The van der Waals surface area contributed by atoms with Gasteiger partial charge in [-0.05, 0) is 17.7 Å². The molecule has 6 heteroatoms. The predicted octanol–water partition coefficient (Wildman–Crippen LogP) is 2.06. The first-order chi connectivity index (χ1) is 9.11. The summed E-state index contributed by atoms with van der Waals surface area (Å²) in [5.74, 6) is -0.0110. The van der Waals surface area contributed by atoms with E-state index in [-0.39, 0.29) is 17.7 Å². The van der Waals surface area contributed by atoms with Gasteiger partial charge in [-0.3, -0.25) is 14.5 Å². The van der Waals surface area contributed by atoms with E-state index in [0.29, 0.717) is 17.7 Å². The molecule has 0 bridgehead atoms. The molecule has 0 atom stereocenters. The van der Waals surface area contributed by atoms with Crippen LogP contribution >= 0.6 is 11.8 Å². The monoisotopic (exact) mass is 279 g/mol. The van der Waals surface area contributed by atoms with Gasteiger partial charge in [-0.15, -0.1) is 0 Å². The van der Waals surface area contributed by atoms with Crippen LogP contribution in [0.3, 0.4) is 0 Å². The Bertz CT molecular complexity index is 496. The van der Waals surface area contributed by atoms with E-state index in [2.05, 4.69) is 4.74 Å². The van der Waals surface area contributed by atoms with E-state index in [1.165, 1.54) is 12.0 Å². The minimum atomic E-state index is -0.410. The average Bonchev–Trinajstić information content (AvgIpc) is 2.43. The topological polar surface area (TPSA) is 63.7 Å². The number of imide groups is 1. The van der Waals surface area contributed by atoms with Crippen LogP contribution in [-0.2, 0) is 16.1 Å². The second-order valence-corrected chi connectivity index (χ2v) is 5.08. The normalized spacial score (nSPS) is 15.5. The fraction of sp³-hybridized carbons (Fsp3) is 0.308. The molecule has 0 saturated carbocycles. The third-order valence-electron chi connectivity index (χ3n) is 2.78. The summed E-state index contributed by atoms with van der Waals surface area (Å²) >= 11 is 1.15. The highest BCUT2D eigenvalue weighted by molar-refractivity contribution is 8.13. The molecule has 5 nitrogen and oxygen atoms in total. The van der Waals surface area contributed by atoms with Gasteiger partial charge in [-0.2, -0.15) is 0 Å². The van der Waals surface area contributed by atoms with Crippen molar-refractivity contribution in [2.75, 3.05) is 12.9 Å². The number of hydrogen-bond donors (Lipinski definition) is 0. The van der Waals surface area contributed by atoms with E-state index in [1.807, 2.05) is 0 Å². The molecule has 1 saturated heterocycles. The van der Waals surface area contributed by atoms with E-state index in [9.17, 15) is 14.4 Å². The minimum Gasteiger partial charge on any atom is -0.465 e. The van der Waals surface area contributed by atoms with Gasteiger partial charge in [0.25, 0.3) is 5.24 Å². The van der Waals surface area contributed by atoms with E-state index >= 15 is 0 Å². The largest absolute Gasteiger partial charge is 0.465 e. The standard InChI is InChI=1S/C13H13NO4S/c1-18-12(16)10-4-2-9(3-5-10)8-14-11(15)6-7-19-13(14)17/h2-5H,6-8H2,1H3. The van der Waals surface area contributed by atoms with Gasteiger partial charge in [0.2, 0.25) is 5.91 Å². The quantitative estimate of drug-likeness (QED) is 0.792. The Kier molecular flexibility index (Phi) is 4.21. The van der Waals surface area contributed by atoms with Crippen molar-refractivity contribution in [2.45, 2.75) is 13.0 Å². The molecule has 0 spiro atoms. The first-order valence-electron chi connectivity index (χ1n) is 5.76. The lowest BCUT2D eigenvalue weighted by Gasteiger charge is -2.24. The molecule has 100 valence electrons. The van der Waals surface area contributed by atoms with Crippen molar-refractivity contribution in [1.82, 2.24) is 4.90 Å². The van der Waals surface area contributed by atoms with Crippen molar-refractivity contribution in [3.05, 3.63) is 35.4 Å². The third kappa shape index (κ3) is 3.14. The molecule has 1 aliphatic heterocycles. The Balaban J connectivity index is 2.08. The third-order valence-corrected chi connectivity index (χ3v) is 3.65. The molecule has 1 aromatic rings. The molecule has 0 radical (unpaired) electrons. The van der Waals surface area contributed by atoms with Crippen molar-refractivity contribution in [3.63, 3.8) is 0 Å². The van der Waals surface area contributed by atoms with Crippen LogP contribution in [0, 0.1) is 0 Å². The number of amides is 2. The predicted molar refractivity (Wildman–Crippen MR) is 70.8 cm³/mol. The van der Waals surface area contributed by atoms with Gasteiger partial charge in [0.15, 0.2) is 0 Å². The molecule has 0 aliphatic carbocycles.